The van der Waals surface area contributed by atoms with Crippen LogP contribution < -0.4 is 9.47 Å². The van der Waals surface area contributed by atoms with Crippen molar-refractivity contribution in [3.63, 3.8) is 0 Å². The molecule has 2 nitrogen and oxygen atoms in total. The van der Waals surface area contributed by atoms with Crippen molar-refractivity contribution in [1.29, 1.82) is 0 Å². The maximum Gasteiger partial charge on any atom is 0.137 e. The predicted octanol–water partition coefficient (Wildman–Crippen LogP) is 6.21. The zero-order chi connectivity index (χ0) is 18.8. The van der Waals surface area contributed by atoms with Gasteiger partial charge in [0.15, 0.2) is 0 Å². The average Bonchev–Trinajstić information content (AvgIpc) is 3.06. The Kier molecular flexibility index (Phi) is 5.37. The molecule has 3 aromatic rings. The Morgan fingerprint density at radius 3 is 2.70 bits per heavy atom. The monoisotopic (exact) mass is 446 g/mol. The molecular weight excluding hydrogens is 431 g/mol. The smallest absolute Gasteiger partial charge is 0.137 e. The number of hydrogen-bond donors (Lipinski definition) is 0. The van der Waals surface area contributed by atoms with Gasteiger partial charge in [0.1, 0.15) is 30.0 Å². The molecule has 0 radical (unpaired) electrons. The van der Waals surface area contributed by atoms with E-state index in [1.54, 1.807) is 6.07 Å². The molecule has 27 heavy (non-hydrogen) atoms. The molecule has 0 fully saturated rings. The van der Waals surface area contributed by atoms with Gasteiger partial charge in [0.25, 0.3) is 0 Å². The van der Waals surface area contributed by atoms with E-state index in [2.05, 4.69) is 15.9 Å². The van der Waals surface area contributed by atoms with Crippen molar-refractivity contribution in [3.05, 3.63) is 92.7 Å². The van der Waals surface area contributed by atoms with Crippen molar-refractivity contribution in [2.75, 3.05) is 6.61 Å². The zero-order valence-electron chi connectivity index (χ0n) is 14.4. The topological polar surface area (TPSA) is 18.5 Å². The van der Waals surface area contributed by atoms with E-state index in [0.717, 1.165) is 44.1 Å². The number of rotatable bonds is 5. The van der Waals surface area contributed by atoms with Gasteiger partial charge in [0.2, 0.25) is 0 Å². The molecule has 0 bridgehead atoms. The summed E-state index contributed by atoms with van der Waals surface area (Å²) in [6.45, 7) is 0.424. The SMILES string of the molecule is Fc1ccc2c(c1)CC(COc1ccc(Cc3cc(Br)ccc3Cl)cc1)O2. The van der Waals surface area contributed by atoms with E-state index in [1.807, 2.05) is 42.5 Å². The molecule has 4 rings (SSSR count). The fourth-order valence-corrected chi connectivity index (χ4v) is 3.77. The summed E-state index contributed by atoms with van der Waals surface area (Å²) >= 11 is 9.74. The Balaban J connectivity index is 1.34. The molecule has 0 N–H and O–H groups in total. The fraction of sp³-hybridized carbons (Fsp3) is 0.182. The molecule has 5 heteroatoms. The van der Waals surface area contributed by atoms with E-state index >= 15 is 0 Å². The molecule has 0 amide bonds. The van der Waals surface area contributed by atoms with Crippen LogP contribution in [-0.4, -0.2) is 12.7 Å². The minimum atomic E-state index is -0.236. The van der Waals surface area contributed by atoms with Crippen LogP contribution in [0.2, 0.25) is 5.02 Å². The quantitative estimate of drug-likeness (QED) is 0.462. The Morgan fingerprint density at radius 2 is 1.89 bits per heavy atom. The van der Waals surface area contributed by atoms with Crippen molar-refractivity contribution in [2.45, 2.75) is 18.9 Å². The van der Waals surface area contributed by atoms with E-state index in [4.69, 9.17) is 21.1 Å². The summed E-state index contributed by atoms with van der Waals surface area (Å²) in [5, 5.41) is 0.757. The maximum absolute atomic E-state index is 13.3. The van der Waals surface area contributed by atoms with Gasteiger partial charge in [-0.25, -0.2) is 4.39 Å². The van der Waals surface area contributed by atoms with Gasteiger partial charge in [-0.3, -0.25) is 0 Å². The second-order valence-corrected chi connectivity index (χ2v) is 7.89. The second kappa shape index (κ2) is 7.91. The fourth-order valence-electron chi connectivity index (χ4n) is 3.17. The molecule has 1 aliphatic rings. The van der Waals surface area contributed by atoms with Gasteiger partial charge in [0.05, 0.1) is 0 Å². The summed E-state index contributed by atoms with van der Waals surface area (Å²) in [6, 6.07) is 18.4. The first-order chi connectivity index (χ1) is 13.1. The minimum Gasteiger partial charge on any atom is -0.490 e. The van der Waals surface area contributed by atoms with Crippen LogP contribution in [0.4, 0.5) is 4.39 Å². The Morgan fingerprint density at radius 1 is 1.07 bits per heavy atom. The maximum atomic E-state index is 13.3. The molecule has 0 aliphatic carbocycles. The number of fused-ring (bicyclic) bond motifs is 1. The van der Waals surface area contributed by atoms with Crippen molar-refractivity contribution < 1.29 is 13.9 Å². The van der Waals surface area contributed by atoms with Crippen molar-refractivity contribution in [3.8, 4) is 11.5 Å². The first kappa shape index (κ1) is 18.3. The third-order valence-corrected chi connectivity index (χ3v) is 5.39. The van der Waals surface area contributed by atoms with Gasteiger partial charge in [-0.15, -0.1) is 0 Å². The number of benzene rings is 3. The first-order valence-corrected chi connectivity index (χ1v) is 9.85. The first-order valence-electron chi connectivity index (χ1n) is 8.67. The molecule has 3 aromatic carbocycles. The Labute approximate surface area is 171 Å². The van der Waals surface area contributed by atoms with Crippen LogP contribution in [0.3, 0.4) is 0 Å². The van der Waals surface area contributed by atoms with Gasteiger partial charge >= 0.3 is 0 Å². The van der Waals surface area contributed by atoms with E-state index in [-0.39, 0.29) is 11.9 Å². The van der Waals surface area contributed by atoms with E-state index in [1.165, 1.54) is 12.1 Å². The summed E-state index contributed by atoms with van der Waals surface area (Å²) in [6.07, 6.45) is 1.32. The van der Waals surface area contributed by atoms with Gasteiger partial charge < -0.3 is 9.47 Å². The van der Waals surface area contributed by atoms with Crippen molar-refractivity contribution in [2.24, 2.45) is 0 Å². The lowest BCUT2D eigenvalue weighted by Gasteiger charge is -2.13. The number of halogens is 3. The number of hydrogen-bond acceptors (Lipinski definition) is 2. The van der Waals surface area contributed by atoms with Gasteiger partial charge in [-0.1, -0.05) is 39.7 Å². The molecule has 138 valence electrons. The lowest BCUT2D eigenvalue weighted by Crippen LogP contribution is -2.22. The van der Waals surface area contributed by atoms with Crippen molar-refractivity contribution in [1.82, 2.24) is 0 Å². The van der Waals surface area contributed by atoms with Gasteiger partial charge in [0, 0.05) is 21.5 Å². The largest absolute Gasteiger partial charge is 0.490 e. The molecule has 1 heterocycles. The van der Waals surface area contributed by atoms with Crippen LogP contribution in [0.1, 0.15) is 16.7 Å². The summed E-state index contributed by atoms with van der Waals surface area (Å²) < 4.78 is 25.9. The molecule has 0 aromatic heterocycles. The predicted molar refractivity (Wildman–Crippen MR) is 108 cm³/mol. The average molecular weight is 448 g/mol. The van der Waals surface area contributed by atoms with Gasteiger partial charge in [-0.2, -0.15) is 0 Å². The lowest BCUT2D eigenvalue weighted by molar-refractivity contribution is 0.148. The highest BCUT2D eigenvalue weighted by Crippen LogP contribution is 2.30. The van der Waals surface area contributed by atoms with Crippen molar-refractivity contribution >= 4 is 27.5 Å². The summed E-state index contributed by atoms with van der Waals surface area (Å²) in [5.41, 5.74) is 3.12. The Bertz CT molecular complexity index is 959. The second-order valence-electron chi connectivity index (χ2n) is 6.56. The molecule has 1 atom stereocenters. The van der Waals surface area contributed by atoms with Crippen LogP contribution in [0.15, 0.2) is 65.1 Å². The van der Waals surface area contributed by atoms with E-state index in [0.29, 0.717) is 13.0 Å². The van der Waals surface area contributed by atoms with E-state index in [9.17, 15) is 4.39 Å². The molecule has 1 unspecified atom stereocenters. The highest BCUT2D eigenvalue weighted by Gasteiger charge is 2.23. The lowest BCUT2D eigenvalue weighted by atomic mass is 10.0. The molecule has 0 saturated heterocycles. The standard InChI is InChI=1S/C22H17BrClFO2/c23-17-3-7-21(24)15(10-17)9-14-1-5-19(6-2-14)26-13-20-12-16-11-18(25)4-8-22(16)27-20/h1-8,10-11,20H,9,12-13H2. The summed E-state index contributed by atoms with van der Waals surface area (Å²) in [5.74, 6) is 1.29. The van der Waals surface area contributed by atoms with Crippen LogP contribution in [-0.2, 0) is 12.8 Å². The highest BCUT2D eigenvalue weighted by molar-refractivity contribution is 9.10. The summed E-state index contributed by atoms with van der Waals surface area (Å²) in [4.78, 5) is 0. The molecule has 1 aliphatic heterocycles. The third kappa shape index (κ3) is 4.45. The molecule has 0 spiro atoms. The minimum absolute atomic E-state index is 0.0954. The van der Waals surface area contributed by atoms with Crippen LogP contribution in [0.5, 0.6) is 11.5 Å². The van der Waals surface area contributed by atoms with Crippen LogP contribution in [0.25, 0.3) is 0 Å². The Hall–Kier alpha value is -2.04. The van der Waals surface area contributed by atoms with E-state index < -0.39 is 0 Å². The summed E-state index contributed by atoms with van der Waals surface area (Å²) in [7, 11) is 0. The molecule has 0 saturated carbocycles. The van der Waals surface area contributed by atoms with Gasteiger partial charge in [-0.05, 0) is 66.1 Å². The molecular formula is C22H17BrClFO2. The number of ether oxygens (including phenoxy) is 2. The van der Waals surface area contributed by atoms with Crippen LogP contribution in [0, 0.1) is 5.82 Å². The highest BCUT2D eigenvalue weighted by atomic mass is 79.9. The normalized spacial score (nSPS) is 15.3. The zero-order valence-corrected chi connectivity index (χ0v) is 16.8. The third-order valence-electron chi connectivity index (χ3n) is 4.53. The van der Waals surface area contributed by atoms with Crippen LogP contribution >= 0.6 is 27.5 Å².